The van der Waals surface area contributed by atoms with Gasteiger partial charge in [0.25, 0.3) is 0 Å². The number of carbonyl (C=O) groups is 2. The number of phenolic OH excluding ortho intramolecular Hbond substituents is 1. The molecule has 0 saturated carbocycles. The van der Waals surface area contributed by atoms with Gasteiger partial charge in [0.05, 0.1) is 11.6 Å². The maximum Gasteiger partial charge on any atom is 0.416 e. The van der Waals surface area contributed by atoms with Crippen LogP contribution in [-0.4, -0.2) is 34.2 Å². The van der Waals surface area contributed by atoms with Crippen molar-refractivity contribution in [3.8, 4) is 5.75 Å². The second-order valence-corrected chi connectivity index (χ2v) is 6.24. The van der Waals surface area contributed by atoms with Gasteiger partial charge in [-0.3, -0.25) is 4.79 Å². The van der Waals surface area contributed by atoms with E-state index in [1.807, 2.05) is 0 Å². The van der Waals surface area contributed by atoms with Crippen molar-refractivity contribution in [2.75, 3.05) is 0 Å². The van der Waals surface area contributed by atoms with Crippen molar-refractivity contribution >= 4 is 11.9 Å². The summed E-state index contributed by atoms with van der Waals surface area (Å²) in [4.78, 5) is 23.7. The summed E-state index contributed by atoms with van der Waals surface area (Å²) in [5, 5.41) is 20.8. The summed E-state index contributed by atoms with van der Waals surface area (Å²) < 4.78 is 39.4. The van der Waals surface area contributed by atoms with E-state index >= 15 is 0 Å². The van der Waals surface area contributed by atoms with E-state index in [-0.39, 0.29) is 12.0 Å². The third-order valence-corrected chi connectivity index (χ3v) is 4.07. The molecular weight excluding hydrogens is 377 g/mol. The third kappa shape index (κ3) is 5.71. The summed E-state index contributed by atoms with van der Waals surface area (Å²) in [6.45, 7) is 0. The Labute approximate surface area is 158 Å². The second-order valence-electron chi connectivity index (χ2n) is 6.24. The topological polar surface area (TPSA) is 113 Å². The molecule has 28 heavy (non-hydrogen) atoms. The first kappa shape index (κ1) is 21.2. The Morgan fingerprint density at radius 3 is 2.29 bits per heavy atom. The summed E-state index contributed by atoms with van der Waals surface area (Å²) in [5.74, 6) is -2.89. The van der Waals surface area contributed by atoms with Gasteiger partial charge in [0.15, 0.2) is 0 Å². The zero-order valence-electron chi connectivity index (χ0n) is 14.6. The van der Waals surface area contributed by atoms with Crippen LogP contribution in [0.25, 0.3) is 0 Å². The molecule has 2 aromatic carbocycles. The molecule has 1 amide bonds. The van der Waals surface area contributed by atoms with Crippen LogP contribution in [0.5, 0.6) is 5.75 Å². The number of alkyl halides is 3. The lowest BCUT2D eigenvalue weighted by Gasteiger charge is -2.20. The van der Waals surface area contributed by atoms with Crippen LogP contribution in [-0.2, 0) is 28.6 Å². The number of hydrogen-bond donors (Lipinski definition) is 4. The fraction of sp³-hybridized carbons (Fsp3) is 0.263. The Kier molecular flexibility index (Phi) is 6.63. The molecule has 0 unspecified atom stereocenters. The molecule has 0 fully saturated rings. The van der Waals surface area contributed by atoms with Crippen molar-refractivity contribution in [2.24, 2.45) is 5.73 Å². The van der Waals surface area contributed by atoms with Gasteiger partial charge in [0, 0.05) is 6.42 Å². The maximum atomic E-state index is 13.1. The van der Waals surface area contributed by atoms with Gasteiger partial charge in [-0.25, -0.2) is 4.79 Å². The third-order valence-electron chi connectivity index (χ3n) is 4.07. The van der Waals surface area contributed by atoms with Gasteiger partial charge in [-0.05, 0) is 29.7 Å². The van der Waals surface area contributed by atoms with Crippen LogP contribution in [0.3, 0.4) is 0 Å². The minimum atomic E-state index is -4.79. The number of rotatable bonds is 7. The average Bonchev–Trinajstić information content (AvgIpc) is 2.62. The lowest BCUT2D eigenvalue weighted by Crippen LogP contribution is -2.50. The molecule has 2 rings (SSSR count). The second kappa shape index (κ2) is 8.75. The largest absolute Gasteiger partial charge is 0.508 e. The van der Waals surface area contributed by atoms with E-state index < -0.39 is 47.9 Å². The number of phenols is 1. The van der Waals surface area contributed by atoms with Crippen molar-refractivity contribution in [3.05, 3.63) is 65.2 Å². The van der Waals surface area contributed by atoms with E-state index in [2.05, 4.69) is 5.32 Å². The number of halogens is 3. The molecule has 0 radical (unpaired) electrons. The molecule has 0 spiro atoms. The van der Waals surface area contributed by atoms with E-state index in [4.69, 9.17) is 5.73 Å². The van der Waals surface area contributed by atoms with Crippen molar-refractivity contribution in [3.63, 3.8) is 0 Å². The predicted octanol–water partition coefficient (Wildman–Crippen LogP) is 2.09. The summed E-state index contributed by atoms with van der Waals surface area (Å²) in [7, 11) is 0. The first-order valence-electron chi connectivity index (χ1n) is 8.29. The fourth-order valence-corrected chi connectivity index (χ4v) is 2.67. The Hall–Kier alpha value is -3.07. The summed E-state index contributed by atoms with van der Waals surface area (Å²) in [5.41, 5.74) is 5.02. The standard InChI is InChI=1S/C19H19F3N2O4/c20-19(21,22)14-10-13(25)7-6-12(14)9-16(18(27)28)24-17(26)15(23)8-11-4-2-1-3-5-11/h1-7,10,15-16,25H,8-9,23H2,(H,24,26)(H,27,28)/t15-,16-/m0/s1. The summed E-state index contributed by atoms with van der Waals surface area (Å²) >= 11 is 0. The quantitative estimate of drug-likeness (QED) is 0.573. The molecule has 0 aliphatic heterocycles. The lowest BCUT2D eigenvalue weighted by atomic mass is 9.98. The number of amides is 1. The van der Waals surface area contributed by atoms with Gasteiger partial charge in [-0.2, -0.15) is 13.2 Å². The van der Waals surface area contributed by atoms with E-state index in [1.165, 1.54) is 0 Å². The number of hydrogen-bond acceptors (Lipinski definition) is 4. The number of aromatic hydroxyl groups is 1. The lowest BCUT2D eigenvalue weighted by molar-refractivity contribution is -0.143. The zero-order valence-corrected chi connectivity index (χ0v) is 14.6. The molecule has 5 N–H and O–H groups in total. The molecule has 0 saturated heterocycles. The zero-order chi connectivity index (χ0) is 20.9. The fourth-order valence-electron chi connectivity index (χ4n) is 2.67. The van der Waals surface area contributed by atoms with Crippen LogP contribution < -0.4 is 11.1 Å². The van der Waals surface area contributed by atoms with Crippen LogP contribution in [0.2, 0.25) is 0 Å². The first-order valence-corrected chi connectivity index (χ1v) is 8.29. The number of aliphatic carboxylic acids is 1. The Bertz CT molecular complexity index is 841. The minimum Gasteiger partial charge on any atom is -0.508 e. The number of nitrogens with one attached hydrogen (secondary N) is 1. The highest BCUT2D eigenvalue weighted by Gasteiger charge is 2.35. The molecule has 0 heterocycles. The molecule has 2 atom stereocenters. The van der Waals surface area contributed by atoms with Crippen LogP contribution in [0, 0.1) is 0 Å². The first-order chi connectivity index (χ1) is 13.1. The number of carboxylic acids is 1. The van der Waals surface area contributed by atoms with Crippen LogP contribution in [0.4, 0.5) is 13.2 Å². The van der Waals surface area contributed by atoms with Gasteiger partial charge >= 0.3 is 12.1 Å². The molecular formula is C19H19F3N2O4. The molecule has 0 aliphatic rings. The van der Waals surface area contributed by atoms with Gasteiger partial charge < -0.3 is 21.3 Å². The van der Waals surface area contributed by atoms with Gasteiger partial charge in [-0.15, -0.1) is 0 Å². The monoisotopic (exact) mass is 396 g/mol. The predicted molar refractivity (Wildman–Crippen MR) is 94.5 cm³/mol. The molecule has 0 bridgehead atoms. The van der Waals surface area contributed by atoms with Gasteiger partial charge in [0.2, 0.25) is 5.91 Å². The summed E-state index contributed by atoms with van der Waals surface area (Å²) in [6.07, 6.45) is -5.26. The number of carbonyl (C=O) groups excluding carboxylic acids is 1. The maximum absolute atomic E-state index is 13.1. The van der Waals surface area contributed by atoms with Gasteiger partial charge in [-0.1, -0.05) is 36.4 Å². The summed E-state index contributed by atoms with van der Waals surface area (Å²) in [6, 6.07) is 8.61. The van der Waals surface area contributed by atoms with Crippen molar-refractivity contribution < 1.29 is 33.0 Å². The van der Waals surface area contributed by atoms with Crippen molar-refractivity contribution in [1.29, 1.82) is 0 Å². The number of carboxylic acid groups (broad SMARTS) is 1. The Morgan fingerprint density at radius 2 is 1.71 bits per heavy atom. The molecule has 2 aromatic rings. The highest BCUT2D eigenvalue weighted by atomic mass is 19.4. The highest BCUT2D eigenvalue weighted by Crippen LogP contribution is 2.34. The van der Waals surface area contributed by atoms with Crippen LogP contribution in [0.15, 0.2) is 48.5 Å². The van der Waals surface area contributed by atoms with E-state index in [0.29, 0.717) is 6.07 Å². The van der Waals surface area contributed by atoms with Crippen molar-refractivity contribution in [2.45, 2.75) is 31.1 Å². The van der Waals surface area contributed by atoms with E-state index in [0.717, 1.165) is 17.7 Å². The molecule has 0 aromatic heterocycles. The van der Waals surface area contributed by atoms with Crippen LogP contribution in [0.1, 0.15) is 16.7 Å². The Balaban J connectivity index is 2.14. The normalized spacial score (nSPS) is 13.6. The molecule has 150 valence electrons. The van der Waals surface area contributed by atoms with Crippen molar-refractivity contribution in [1.82, 2.24) is 5.32 Å². The average molecular weight is 396 g/mol. The molecule has 0 aliphatic carbocycles. The Morgan fingerprint density at radius 1 is 1.07 bits per heavy atom. The van der Waals surface area contributed by atoms with E-state index in [1.54, 1.807) is 30.3 Å². The smallest absolute Gasteiger partial charge is 0.416 e. The minimum absolute atomic E-state index is 0.145. The van der Waals surface area contributed by atoms with Crippen LogP contribution >= 0.6 is 0 Å². The highest BCUT2D eigenvalue weighted by molar-refractivity contribution is 5.87. The molecule has 9 heteroatoms. The SMILES string of the molecule is N[C@@H](Cc1ccccc1)C(=O)N[C@@H](Cc1ccc(O)cc1C(F)(F)F)C(=O)O. The number of nitrogens with two attached hydrogens (primary N) is 1. The molecule has 6 nitrogen and oxygen atoms in total. The van der Waals surface area contributed by atoms with Gasteiger partial charge in [0.1, 0.15) is 11.8 Å². The van der Waals surface area contributed by atoms with E-state index in [9.17, 15) is 33.0 Å². The number of benzene rings is 2.